The van der Waals surface area contributed by atoms with Gasteiger partial charge in [-0.25, -0.2) is 8.42 Å². The minimum atomic E-state index is -4.90. The zero-order valence-electron chi connectivity index (χ0n) is 12.2. The van der Waals surface area contributed by atoms with E-state index in [1.807, 2.05) is 4.72 Å². The van der Waals surface area contributed by atoms with Gasteiger partial charge in [-0.3, -0.25) is 9.59 Å². The third kappa shape index (κ3) is 6.42. The first-order chi connectivity index (χ1) is 10.9. The largest absolute Gasteiger partial charge is 0.573 e. The van der Waals surface area contributed by atoms with Crippen LogP contribution in [0.25, 0.3) is 0 Å². The Bertz CT molecular complexity index is 702. The number of esters is 1. The highest BCUT2D eigenvalue weighted by Crippen LogP contribution is 2.23. The van der Waals surface area contributed by atoms with Crippen LogP contribution in [-0.4, -0.2) is 39.3 Å². The van der Waals surface area contributed by atoms with Crippen LogP contribution in [0.5, 0.6) is 5.75 Å². The van der Waals surface area contributed by atoms with Crippen LogP contribution in [0.4, 0.5) is 13.2 Å². The van der Waals surface area contributed by atoms with Crippen LogP contribution < -0.4 is 15.2 Å². The minimum absolute atomic E-state index is 0.396. The van der Waals surface area contributed by atoms with E-state index in [1.165, 1.54) is 6.92 Å². The molecular formula is C12H13F3N2O6S. The molecule has 1 amide bonds. The molecule has 0 heterocycles. The van der Waals surface area contributed by atoms with E-state index < -0.39 is 51.6 Å². The predicted octanol–water partition coefficient (Wildman–Crippen LogP) is 0.281. The molecule has 134 valence electrons. The van der Waals surface area contributed by atoms with Crippen molar-refractivity contribution in [3.05, 3.63) is 24.3 Å². The van der Waals surface area contributed by atoms with E-state index in [9.17, 15) is 31.2 Å². The van der Waals surface area contributed by atoms with Crippen LogP contribution >= 0.6 is 0 Å². The number of amides is 1. The first-order valence-electron chi connectivity index (χ1n) is 6.25. The molecule has 0 aliphatic heterocycles. The summed E-state index contributed by atoms with van der Waals surface area (Å²) < 4.78 is 69.8. The molecule has 0 aliphatic carbocycles. The molecule has 0 saturated heterocycles. The first kappa shape index (κ1) is 19.7. The zero-order chi connectivity index (χ0) is 18.5. The Kier molecular flexibility index (Phi) is 6.15. The van der Waals surface area contributed by atoms with E-state index in [1.54, 1.807) is 0 Å². The molecule has 0 unspecified atom stereocenters. The van der Waals surface area contributed by atoms with Gasteiger partial charge in [0, 0.05) is 0 Å². The third-order valence-electron chi connectivity index (χ3n) is 2.48. The normalized spacial score (nSPS) is 13.2. The van der Waals surface area contributed by atoms with E-state index in [-0.39, 0.29) is 0 Å². The monoisotopic (exact) mass is 370 g/mol. The molecule has 1 rings (SSSR count). The minimum Gasteiger partial charge on any atom is -0.452 e. The topological polar surface area (TPSA) is 125 Å². The molecule has 0 spiro atoms. The molecule has 0 fully saturated rings. The fourth-order valence-corrected chi connectivity index (χ4v) is 2.32. The predicted molar refractivity (Wildman–Crippen MR) is 73.1 cm³/mol. The summed E-state index contributed by atoms with van der Waals surface area (Å²) >= 11 is 0. The second-order valence-electron chi connectivity index (χ2n) is 4.38. The lowest BCUT2D eigenvalue weighted by molar-refractivity contribution is -0.274. The van der Waals surface area contributed by atoms with Gasteiger partial charge in [0.2, 0.25) is 10.0 Å². The number of halogens is 3. The van der Waals surface area contributed by atoms with Crippen LogP contribution in [0.1, 0.15) is 6.92 Å². The number of primary amides is 1. The van der Waals surface area contributed by atoms with Crippen molar-refractivity contribution >= 4 is 21.9 Å². The van der Waals surface area contributed by atoms with Crippen LogP contribution in [0.3, 0.4) is 0 Å². The number of nitrogens with one attached hydrogen (secondary N) is 1. The number of rotatable bonds is 7. The number of sulfonamides is 1. The molecule has 1 atom stereocenters. The average molecular weight is 370 g/mol. The number of ether oxygens (including phenoxy) is 2. The Morgan fingerprint density at radius 3 is 2.25 bits per heavy atom. The van der Waals surface area contributed by atoms with E-state index in [2.05, 4.69) is 9.47 Å². The summed E-state index contributed by atoms with van der Waals surface area (Å²) in [5, 5.41) is 0. The van der Waals surface area contributed by atoms with Gasteiger partial charge >= 0.3 is 12.3 Å². The quantitative estimate of drug-likeness (QED) is 0.664. The Morgan fingerprint density at radius 1 is 1.25 bits per heavy atom. The number of hydrogen-bond acceptors (Lipinski definition) is 6. The fraction of sp³-hybridized carbons (Fsp3) is 0.333. The Labute approximate surface area is 134 Å². The Balaban J connectivity index is 2.68. The Morgan fingerprint density at radius 2 is 1.79 bits per heavy atom. The smallest absolute Gasteiger partial charge is 0.452 e. The first-order valence-corrected chi connectivity index (χ1v) is 7.73. The van der Waals surface area contributed by atoms with E-state index in [0.717, 1.165) is 24.3 Å². The van der Waals surface area contributed by atoms with Crippen LogP contribution in [-0.2, 0) is 24.3 Å². The number of alkyl halides is 3. The van der Waals surface area contributed by atoms with E-state index in [0.29, 0.717) is 0 Å². The fourth-order valence-electron chi connectivity index (χ4n) is 1.35. The van der Waals surface area contributed by atoms with Crippen LogP contribution in [0.15, 0.2) is 29.2 Å². The van der Waals surface area contributed by atoms with Gasteiger partial charge in [0.25, 0.3) is 5.91 Å². The average Bonchev–Trinajstić information content (AvgIpc) is 2.44. The molecule has 8 nitrogen and oxygen atoms in total. The third-order valence-corrected chi connectivity index (χ3v) is 3.90. The lowest BCUT2D eigenvalue weighted by atomic mass is 10.3. The summed E-state index contributed by atoms with van der Waals surface area (Å²) in [5.41, 5.74) is 4.87. The van der Waals surface area contributed by atoms with E-state index >= 15 is 0 Å². The summed E-state index contributed by atoms with van der Waals surface area (Å²) in [5.74, 6) is -2.57. The lowest BCUT2D eigenvalue weighted by Crippen LogP contribution is -2.36. The number of nitrogens with two attached hydrogens (primary N) is 1. The molecule has 24 heavy (non-hydrogen) atoms. The molecule has 1 aromatic rings. The molecule has 0 bridgehead atoms. The molecule has 12 heteroatoms. The van der Waals surface area contributed by atoms with Crippen molar-refractivity contribution in [2.45, 2.75) is 24.3 Å². The van der Waals surface area contributed by atoms with Crippen molar-refractivity contribution in [1.82, 2.24) is 4.72 Å². The second kappa shape index (κ2) is 7.49. The van der Waals surface area contributed by atoms with Gasteiger partial charge in [0.1, 0.15) is 12.3 Å². The maximum atomic E-state index is 12.0. The summed E-state index contributed by atoms with van der Waals surface area (Å²) in [6.07, 6.45) is -6.14. The molecule has 1 aromatic carbocycles. The van der Waals surface area contributed by atoms with Gasteiger partial charge in [-0.05, 0) is 31.2 Å². The van der Waals surface area contributed by atoms with Crippen molar-refractivity contribution < 1.29 is 40.7 Å². The van der Waals surface area contributed by atoms with Gasteiger partial charge < -0.3 is 15.2 Å². The van der Waals surface area contributed by atoms with Crippen molar-refractivity contribution in [1.29, 1.82) is 0 Å². The molecule has 0 aliphatic rings. The van der Waals surface area contributed by atoms with Crippen LogP contribution in [0.2, 0.25) is 0 Å². The molecular weight excluding hydrogens is 357 g/mol. The number of hydrogen-bond donors (Lipinski definition) is 2. The van der Waals surface area contributed by atoms with Crippen molar-refractivity contribution in [3.63, 3.8) is 0 Å². The Hall–Kier alpha value is -2.34. The highest BCUT2D eigenvalue weighted by molar-refractivity contribution is 7.89. The summed E-state index contributed by atoms with van der Waals surface area (Å²) in [6.45, 7) is 0.412. The van der Waals surface area contributed by atoms with Crippen molar-refractivity contribution in [3.8, 4) is 5.75 Å². The van der Waals surface area contributed by atoms with E-state index in [4.69, 9.17) is 5.73 Å². The number of carbonyl (C=O) groups is 2. The standard InChI is InChI=1S/C12H13F3N2O6S/c1-7(11(16)19)22-10(18)6-17-24(20,21)9-4-2-8(3-5-9)23-12(13,14)15/h2-5,7,17H,6H2,1H3,(H2,16,19)/t7-/m1/s1. The van der Waals surface area contributed by atoms with Gasteiger partial charge in [-0.1, -0.05) is 0 Å². The highest BCUT2D eigenvalue weighted by Gasteiger charge is 2.31. The molecule has 0 saturated carbocycles. The number of carbonyl (C=O) groups excluding carboxylic acids is 2. The SMILES string of the molecule is C[C@@H](OC(=O)CNS(=O)(=O)c1ccc(OC(F)(F)F)cc1)C(N)=O. The van der Waals surface area contributed by atoms with Gasteiger partial charge in [-0.2, -0.15) is 4.72 Å². The zero-order valence-corrected chi connectivity index (χ0v) is 13.0. The maximum absolute atomic E-state index is 12.0. The highest BCUT2D eigenvalue weighted by atomic mass is 32.2. The van der Waals surface area contributed by atoms with Gasteiger partial charge in [0.15, 0.2) is 6.10 Å². The molecule has 0 aromatic heterocycles. The lowest BCUT2D eigenvalue weighted by Gasteiger charge is -2.11. The maximum Gasteiger partial charge on any atom is 0.573 e. The summed E-state index contributed by atoms with van der Waals surface area (Å²) in [7, 11) is -4.18. The summed E-state index contributed by atoms with van der Waals surface area (Å²) in [6, 6.07) is 3.33. The molecule has 0 radical (unpaired) electrons. The van der Waals surface area contributed by atoms with Gasteiger partial charge in [0.05, 0.1) is 4.90 Å². The number of benzene rings is 1. The van der Waals surface area contributed by atoms with Gasteiger partial charge in [-0.15, -0.1) is 13.2 Å². The second-order valence-corrected chi connectivity index (χ2v) is 6.15. The summed E-state index contributed by atoms with van der Waals surface area (Å²) in [4.78, 5) is 21.7. The molecule has 3 N–H and O–H groups in total. The van der Waals surface area contributed by atoms with Crippen LogP contribution in [0, 0.1) is 0 Å². The van der Waals surface area contributed by atoms with Crippen molar-refractivity contribution in [2.75, 3.05) is 6.54 Å². The van der Waals surface area contributed by atoms with Crippen molar-refractivity contribution in [2.24, 2.45) is 5.73 Å².